The fraction of sp³-hybridized carbons (Fsp3) is 0.714. The molecule has 5 nitrogen and oxygen atoms in total. The number of nitrogens with one attached hydrogen (secondary N) is 2. The van der Waals surface area contributed by atoms with Crippen LogP contribution < -0.4 is 10.6 Å². The molecule has 0 spiro atoms. The van der Waals surface area contributed by atoms with Crippen LogP contribution in [0, 0.1) is 12.3 Å². The summed E-state index contributed by atoms with van der Waals surface area (Å²) in [6, 6.07) is -0.682. The standard InChI is InChI=1S/C14H22N2O3/c1-3-11(4-2)15-13(19)16-14(10-12(17)18)8-6-5-7-9-14/h1,11H,4-10H2,2H3,(H,17,18)(H2,15,16,19). The third-order valence-corrected chi connectivity index (χ3v) is 3.59. The maximum atomic E-state index is 11.9. The second kappa shape index (κ2) is 7.03. The minimum atomic E-state index is -0.883. The molecule has 3 N–H and O–H groups in total. The summed E-state index contributed by atoms with van der Waals surface area (Å²) >= 11 is 0. The number of carboxylic acid groups (broad SMARTS) is 1. The number of hydrogen-bond donors (Lipinski definition) is 3. The fourth-order valence-electron chi connectivity index (χ4n) is 2.56. The molecule has 1 aliphatic rings. The third-order valence-electron chi connectivity index (χ3n) is 3.59. The molecule has 0 saturated heterocycles. The molecule has 0 aromatic rings. The summed E-state index contributed by atoms with van der Waals surface area (Å²) in [7, 11) is 0. The van der Waals surface area contributed by atoms with E-state index in [9.17, 15) is 9.59 Å². The molecule has 0 aromatic carbocycles. The monoisotopic (exact) mass is 266 g/mol. The van der Waals surface area contributed by atoms with Crippen LogP contribution in [0.2, 0.25) is 0 Å². The van der Waals surface area contributed by atoms with Crippen molar-refractivity contribution in [3.63, 3.8) is 0 Å². The molecule has 1 unspecified atom stereocenters. The van der Waals surface area contributed by atoms with Crippen molar-refractivity contribution in [1.82, 2.24) is 10.6 Å². The minimum Gasteiger partial charge on any atom is -0.481 e. The molecule has 1 fully saturated rings. The SMILES string of the molecule is C#CC(CC)NC(=O)NC1(CC(=O)O)CCCCC1. The second-order valence-corrected chi connectivity index (χ2v) is 5.14. The van der Waals surface area contributed by atoms with Crippen LogP contribution in [0.5, 0.6) is 0 Å². The van der Waals surface area contributed by atoms with Crippen LogP contribution in [0.15, 0.2) is 0 Å². The van der Waals surface area contributed by atoms with Gasteiger partial charge in [-0.3, -0.25) is 4.79 Å². The summed E-state index contributed by atoms with van der Waals surface area (Å²) in [5.74, 6) is 1.60. The summed E-state index contributed by atoms with van der Waals surface area (Å²) in [4.78, 5) is 22.9. The normalized spacial score (nSPS) is 18.9. The first kappa shape index (κ1) is 15.4. The summed E-state index contributed by atoms with van der Waals surface area (Å²) in [6.07, 6.45) is 10.3. The molecule has 1 aliphatic carbocycles. The van der Waals surface area contributed by atoms with Crippen molar-refractivity contribution in [2.24, 2.45) is 0 Å². The molecule has 0 radical (unpaired) electrons. The van der Waals surface area contributed by atoms with E-state index in [1.54, 1.807) is 0 Å². The Kier molecular flexibility index (Phi) is 5.68. The van der Waals surface area contributed by atoms with Crippen molar-refractivity contribution in [2.75, 3.05) is 0 Å². The van der Waals surface area contributed by atoms with Gasteiger partial charge in [0.2, 0.25) is 0 Å². The Morgan fingerprint density at radius 1 is 1.37 bits per heavy atom. The van der Waals surface area contributed by atoms with Crippen molar-refractivity contribution >= 4 is 12.0 Å². The van der Waals surface area contributed by atoms with E-state index in [1.807, 2.05) is 6.92 Å². The first-order valence-corrected chi connectivity index (χ1v) is 6.78. The Morgan fingerprint density at radius 3 is 2.47 bits per heavy atom. The molecule has 1 rings (SSSR count). The highest BCUT2D eigenvalue weighted by Gasteiger charge is 2.36. The Balaban J connectivity index is 2.64. The van der Waals surface area contributed by atoms with Gasteiger partial charge >= 0.3 is 12.0 Å². The Labute approximate surface area is 114 Å². The molecule has 19 heavy (non-hydrogen) atoms. The molecule has 2 amide bonds. The van der Waals surface area contributed by atoms with Gasteiger partial charge in [0, 0.05) is 0 Å². The summed E-state index contributed by atoms with van der Waals surface area (Å²) in [5, 5.41) is 14.5. The van der Waals surface area contributed by atoms with E-state index in [0.29, 0.717) is 19.3 Å². The van der Waals surface area contributed by atoms with E-state index in [0.717, 1.165) is 19.3 Å². The van der Waals surface area contributed by atoms with Crippen LogP contribution in [-0.2, 0) is 4.79 Å². The lowest BCUT2D eigenvalue weighted by Crippen LogP contribution is -2.55. The van der Waals surface area contributed by atoms with Gasteiger partial charge in [-0.25, -0.2) is 4.79 Å². The number of carboxylic acids is 1. The first-order valence-electron chi connectivity index (χ1n) is 6.78. The van der Waals surface area contributed by atoms with Gasteiger partial charge in [-0.05, 0) is 19.3 Å². The van der Waals surface area contributed by atoms with E-state index in [1.165, 1.54) is 0 Å². The number of carbonyl (C=O) groups is 2. The maximum Gasteiger partial charge on any atom is 0.316 e. The Bertz CT molecular complexity index is 367. The lowest BCUT2D eigenvalue weighted by Gasteiger charge is -2.37. The molecule has 1 atom stereocenters. The quantitative estimate of drug-likeness (QED) is 0.665. The Hall–Kier alpha value is -1.70. The topological polar surface area (TPSA) is 78.4 Å². The van der Waals surface area contributed by atoms with Crippen LogP contribution >= 0.6 is 0 Å². The summed E-state index contributed by atoms with van der Waals surface area (Å²) in [5.41, 5.74) is -0.624. The van der Waals surface area contributed by atoms with E-state index in [-0.39, 0.29) is 18.5 Å². The number of hydrogen-bond acceptors (Lipinski definition) is 2. The molecule has 0 bridgehead atoms. The van der Waals surface area contributed by atoms with E-state index < -0.39 is 11.5 Å². The molecule has 1 saturated carbocycles. The number of aliphatic carboxylic acids is 1. The van der Waals surface area contributed by atoms with Crippen LogP contribution in [0.4, 0.5) is 4.79 Å². The molecular formula is C14H22N2O3. The van der Waals surface area contributed by atoms with Gasteiger partial charge < -0.3 is 15.7 Å². The average molecular weight is 266 g/mol. The fourth-order valence-corrected chi connectivity index (χ4v) is 2.56. The number of rotatable bonds is 5. The zero-order valence-electron chi connectivity index (χ0n) is 11.4. The first-order chi connectivity index (χ1) is 9.01. The second-order valence-electron chi connectivity index (χ2n) is 5.14. The van der Waals surface area contributed by atoms with Crippen molar-refractivity contribution in [1.29, 1.82) is 0 Å². The summed E-state index contributed by atoms with van der Waals surface area (Å²) in [6.45, 7) is 1.89. The number of urea groups is 1. The van der Waals surface area contributed by atoms with Gasteiger partial charge in [0.15, 0.2) is 0 Å². The van der Waals surface area contributed by atoms with Crippen LogP contribution in [0.1, 0.15) is 51.9 Å². The van der Waals surface area contributed by atoms with Crippen molar-refractivity contribution in [3.05, 3.63) is 0 Å². The van der Waals surface area contributed by atoms with Crippen LogP contribution in [0.25, 0.3) is 0 Å². The maximum absolute atomic E-state index is 11.9. The zero-order chi connectivity index (χ0) is 14.3. The third kappa shape index (κ3) is 4.82. The highest BCUT2D eigenvalue weighted by Crippen LogP contribution is 2.31. The predicted octanol–water partition coefficient (Wildman–Crippen LogP) is 1.87. The number of terminal acetylenes is 1. The van der Waals surface area contributed by atoms with E-state index in [2.05, 4.69) is 16.6 Å². The molecule has 0 aliphatic heterocycles. The lowest BCUT2D eigenvalue weighted by molar-refractivity contribution is -0.139. The van der Waals surface area contributed by atoms with Gasteiger partial charge in [-0.15, -0.1) is 6.42 Å². The molecule has 0 heterocycles. The molecule has 5 heteroatoms. The van der Waals surface area contributed by atoms with Gasteiger partial charge in [-0.1, -0.05) is 32.1 Å². The average Bonchev–Trinajstić information content (AvgIpc) is 2.35. The van der Waals surface area contributed by atoms with Gasteiger partial charge in [0.25, 0.3) is 0 Å². The smallest absolute Gasteiger partial charge is 0.316 e. The largest absolute Gasteiger partial charge is 0.481 e. The van der Waals surface area contributed by atoms with E-state index in [4.69, 9.17) is 11.5 Å². The van der Waals surface area contributed by atoms with Crippen LogP contribution in [0.3, 0.4) is 0 Å². The lowest BCUT2D eigenvalue weighted by atomic mass is 9.79. The number of carbonyl (C=O) groups excluding carboxylic acids is 1. The van der Waals surface area contributed by atoms with Gasteiger partial charge in [0.05, 0.1) is 18.0 Å². The molecule has 0 aromatic heterocycles. The van der Waals surface area contributed by atoms with Crippen molar-refractivity contribution in [2.45, 2.75) is 63.5 Å². The van der Waals surface area contributed by atoms with Gasteiger partial charge in [0.1, 0.15) is 0 Å². The molecular weight excluding hydrogens is 244 g/mol. The highest BCUT2D eigenvalue weighted by atomic mass is 16.4. The highest BCUT2D eigenvalue weighted by molar-refractivity contribution is 5.77. The van der Waals surface area contributed by atoms with Crippen LogP contribution in [-0.4, -0.2) is 28.7 Å². The van der Waals surface area contributed by atoms with E-state index >= 15 is 0 Å². The Morgan fingerprint density at radius 2 is 2.00 bits per heavy atom. The number of amides is 2. The predicted molar refractivity (Wildman–Crippen MR) is 72.6 cm³/mol. The minimum absolute atomic E-state index is 0.0345. The molecule has 106 valence electrons. The van der Waals surface area contributed by atoms with Crippen molar-refractivity contribution < 1.29 is 14.7 Å². The zero-order valence-corrected chi connectivity index (χ0v) is 11.4. The van der Waals surface area contributed by atoms with Gasteiger partial charge in [-0.2, -0.15) is 0 Å². The summed E-state index contributed by atoms with van der Waals surface area (Å²) < 4.78 is 0. The van der Waals surface area contributed by atoms with Crippen molar-refractivity contribution in [3.8, 4) is 12.3 Å².